The van der Waals surface area contributed by atoms with Crippen LogP contribution in [0.5, 0.6) is 0 Å². The first-order valence-electron chi connectivity index (χ1n) is 5.68. The predicted molar refractivity (Wildman–Crippen MR) is 63.2 cm³/mol. The van der Waals surface area contributed by atoms with E-state index in [4.69, 9.17) is 9.47 Å². The molecule has 1 aliphatic heterocycles. The molecule has 0 saturated carbocycles. The molecule has 0 aromatic carbocycles. The van der Waals surface area contributed by atoms with Gasteiger partial charge >= 0.3 is 5.97 Å². The lowest BCUT2D eigenvalue weighted by molar-refractivity contribution is -0.180. The molecule has 1 aliphatic rings. The molecule has 0 bridgehead atoms. The Morgan fingerprint density at radius 2 is 2.24 bits per heavy atom. The number of ether oxygens (including phenoxy) is 2. The molecule has 0 saturated heterocycles. The van der Waals surface area contributed by atoms with Crippen molar-refractivity contribution in [2.24, 2.45) is 0 Å². The average molecular weight is 238 g/mol. The summed E-state index contributed by atoms with van der Waals surface area (Å²) in [5, 5.41) is 0. The van der Waals surface area contributed by atoms with Crippen molar-refractivity contribution in [3.05, 3.63) is 24.3 Å². The van der Waals surface area contributed by atoms with Gasteiger partial charge in [0.2, 0.25) is 6.29 Å². The number of hydrogen-bond acceptors (Lipinski definition) is 4. The number of ketones is 1. The molecule has 1 rings (SSSR count). The Kier molecular flexibility index (Phi) is 5.10. The molecule has 2 atom stereocenters. The summed E-state index contributed by atoms with van der Waals surface area (Å²) < 4.78 is 10.3. The Balaban J connectivity index is 2.44. The molecule has 2 unspecified atom stereocenters. The molecule has 17 heavy (non-hydrogen) atoms. The fourth-order valence-electron chi connectivity index (χ4n) is 1.59. The van der Waals surface area contributed by atoms with Crippen molar-refractivity contribution in [1.82, 2.24) is 0 Å². The van der Waals surface area contributed by atoms with Crippen LogP contribution in [0.3, 0.4) is 0 Å². The van der Waals surface area contributed by atoms with Crippen LogP contribution < -0.4 is 0 Å². The lowest BCUT2D eigenvalue weighted by Crippen LogP contribution is -2.33. The minimum atomic E-state index is -0.736. The van der Waals surface area contributed by atoms with Gasteiger partial charge in [-0.3, -0.25) is 9.59 Å². The van der Waals surface area contributed by atoms with Gasteiger partial charge in [-0.25, -0.2) is 0 Å². The van der Waals surface area contributed by atoms with Crippen LogP contribution in [0, 0.1) is 0 Å². The number of carbonyl (C=O) groups excluding carboxylic acids is 2. The standard InChI is InChI=1S/C13H18O4/c1-9(2)5-4-6-12-11(15)7-8-13(17-12)16-10(3)14/h7-8,12-13H,1,4-6H2,2-3H3. The second kappa shape index (κ2) is 6.35. The molecule has 0 fully saturated rings. The largest absolute Gasteiger partial charge is 0.432 e. The molecular formula is C13H18O4. The minimum absolute atomic E-state index is 0.0740. The third kappa shape index (κ3) is 4.95. The van der Waals surface area contributed by atoms with E-state index in [2.05, 4.69) is 6.58 Å². The zero-order chi connectivity index (χ0) is 12.8. The van der Waals surface area contributed by atoms with Gasteiger partial charge in [0.15, 0.2) is 5.78 Å². The molecule has 1 heterocycles. The van der Waals surface area contributed by atoms with Crippen LogP contribution in [-0.4, -0.2) is 24.1 Å². The summed E-state index contributed by atoms with van der Waals surface area (Å²) in [5.41, 5.74) is 1.08. The number of allylic oxidation sites excluding steroid dienone is 1. The highest BCUT2D eigenvalue weighted by Crippen LogP contribution is 2.17. The van der Waals surface area contributed by atoms with Gasteiger partial charge < -0.3 is 9.47 Å². The van der Waals surface area contributed by atoms with E-state index in [-0.39, 0.29) is 5.78 Å². The Morgan fingerprint density at radius 3 is 2.82 bits per heavy atom. The van der Waals surface area contributed by atoms with Gasteiger partial charge in [-0.2, -0.15) is 0 Å². The maximum absolute atomic E-state index is 11.5. The maximum Gasteiger partial charge on any atom is 0.305 e. The fraction of sp³-hybridized carbons (Fsp3) is 0.538. The summed E-state index contributed by atoms with van der Waals surface area (Å²) in [5.74, 6) is -0.496. The van der Waals surface area contributed by atoms with Crippen LogP contribution in [0.1, 0.15) is 33.1 Å². The molecule has 0 aliphatic carbocycles. The maximum atomic E-state index is 11.5. The van der Waals surface area contributed by atoms with Gasteiger partial charge in [-0.1, -0.05) is 5.57 Å². The fourth-order valence-corrected chi connectivity index (χ4v) is 1.59. The first-order valence-corrected chi connectivity index (χ1v) is 5.68. The number of esters is 1. The van der Waals surface area contributed by atoms with Crippen molar-refractivity contribution in [2.75, 3.05) is 0 Å². The van der Waals surface area contributed by atoms with Crippen molar-refractivity contribution in [3.8, 4) is 0 Å². The minimum Gasteiger partial charge on any atom is -0.432 e. The van der Waals surface area contributed by atoms with E-state index < -0.39 is 18.4 Å². The molecule has 4 heteroatoms. The Labute approximate surface area is 101 Å². The molecule has 94 valence electrons. The second-order valence-corrected chi connectivity index (χ2v) is 4.21. The molecule has 0 amide bonds. The number of rotatable bonds is 5. The monoisotopic (exact) mass is 238 g/mol. The van der Waals surface area contributed by atoms with E-state index in [0.29, 0.717) is 6.42 Å². The normalized spacial score (nSPS) is 23.5. The summed E-state index contributed by atoms with van der Waals surface area (Å²) in [7, 11) is 0. The smallest absolute Gasteiger partial charge is 0.305 e. The topological polar surface area (TPSA) is 52.6 Å². The van der Waals surface area contributed by atoms with Crippen molar-refractivity contribution < 1.29 is 19.1 Å². The van der Waals surface area contributed by atoms with Crippen LogP contribution >= 0.6 is 0 Å². The molecule has 0 radical (unpaired) electrons. The quantitative estimate of drug-likeness (QED) is 0.544. The molecular weight excluding hydrogens is 220 g/mol. The van der Waals surface area contributed by atoms with E-state index >= 15 is 0 Å². The summed E-state index contributed by atoms with van der Waals surface area (Å²) in [4.78, 5) is 22.3. The highest BCUT2D eigenvalue weighted by atomic mass is 16.7. The van der Waals surface area contributed by atoms with Crippen LogP contribution in [0.4, 0.5) is 0 Å². The second-order valence-electron chi connectivity index (χ2n) is 4.21. The Morgan fingerprint density at radius 1 is 1.53 bits per heavy atom. The van der Waals surface area contributed by atoms with E-state index in [0.717, 1.165) is 18.4 Å². The number of carbonyl (C=O) groups is 2. The molecule has 4 nitrogen and oxygen atoms in total. The highest BCUT2D eigenvalue weighted by molar-refractivity contribution is 5.94. The van der Waals surface area contributed by atoms with Gasteiger partial charge in [0.1, 0.15) is 6.10 Å². The number of hydrogen-bond donors (Lipinski definition) is 0. The van der Waals surface area contributed by atoms with E-state index in [9.17, 15) is 9.59 Å². The third-order valence-electron chi connectivity index (χ3n) is 2.39. The first-order chi connectivity index (χ1) is 7.99. The van der Waals surface area contributed by atoms with Gasteiger partial charge in [-0.05, 0) is 38.3 Å². The SMILES string of the molecule is C=C(C)CCCC1OC(OC(C)=O)C=CC1=O. The van der Waals surface area contributed by atoms with Crippen molar-refractivity contribution in [3.63, 3.8) is 0 Å². The lowest BCUT2D eigenvalue weighted by atomic mass is 10.0. The Bertz CT molecular complexity index is 343. The van der Waals surface area contributed by atoms with Gasteiger partial charge in [0.25, 0.3) is 0 Å². The van der Waals surface area contributed by atoms with E-state index in [1.54, 1.807) is 0 Å². The summed E-state index contributed by atoms with van der Waals surface area (Å²) in [6.07, 6.45) is 3.96. The van der Waals surface area contributed by atoms with Crippen LogP contribution in [0.15, 0.2) is 24.3 Å². The molecule has 0 aromatic heterocycles. The van der Waals surface area contributed by atoms with Crippen molar-refractivity contribution in [1.29, 1.82) is 0 Å². The van der Waals surface area contributed by atoms with Gasteiger partial charge in [-0.15, -0.1) is 6.58 Å². The van der Waals surface area contributed by atoms with Crippen LogP contribution in [0.2, 0.25) is 0 Å². The molecule has 0 aromatic rings. The van der Waals surface area contributed by atoms with Gasteiger partial charge in [0, 0.05) is 6.92 Å². The van der Waals surface area contributed by atoms with Gasteiger partial charge in [0.05, 0.1) is 0 Å². The average Bonchev–Trinajstić information content (AvgIpc) is 2.21. The molecule has 0 spiro atoms. The van der Waals surface area contributed by atoms with E-state index in [1.807, 2.05) is 6.92 Å². The summed E-state index contributed by atoms with van der Waals surface area (Å²) in [6, 6.07) is 0. The van der Waals surface area contributed by atoms with Crippen LogP contribution in [0.25, 0.3) is 0 Å². The zero-order valence-electron chi connectivity index (χ0n) is 10.3. The third-order valence-corrected chi connectivity index (χ3v) is 2.39. The summed E-state index contributed by atoms with van der Waals surface area (Å²) in [6.45, 7) is 7.06. The highest BCUT2D eigenvalue weighted by Gasteiger charge is 2.26. The molecule has 0 N–H and O–H groups in total. The first kappa shape index (κ1) is 13.6. The van der Waals surface area contributed by atoms with Crippen molar-refractivity contribution in [2.45, 2.75) is 45.5 Å². The van der Waals surface area contributed by atoms with Crippen LogP contribution in [-0.2, 0) is 19.1 Å². The zero-order valence-corrected chi connectivity index (χ0v) is 10.3. The lowest BCUT2D eigenvalue weighted by Gasteiger charge is -2.24. The summed E-state index contributed by atoms with van der Waals surface area (Å²) >= 11 is 0. The van der Waals surface area contributed by atoms with Crippen molar-refractivity contribution >= 4 is 11.8 Å². The Hall–Kier alpha value is -1.42. The van der Waals surface area contributed by atoms with E-state index in [1.165, 1.54) is 19.1 Å². The predicted octanol–water partition coefficient (Wildman–Crippen LogP) is 2.15.